The monoisotopic (exact) mass is 800 g/mol. The molecule has 3 aromatic carbocycles. The fourth-order valence-corrected chi connectivity index (χ4v) is 7.29. The van der Waals surface area contributed by atoms with Crippen molar-refractivity contribution in [2.75, 3.05) is 5.32 Å². The first kappa shape index (κ1) is 41.0. The van der Waals surface area contributed by atoms with E-state index in [-0.39, 0.29) is 38.5 Å². The van der Waals surface area contributed by atoms with Gasteiger partial charge in [-0.25, -0.2) is 4.79 Å². The van der Waals surface area contributed by atoms with Crippen molar-refractivity contribution in [3.05, 3.63) is 142 Å². The molecule has 2 aliphatic rings. The number of aryl methyl sites for hydroxylation is 1. The zero-order valence-corrected chi connectivity index (χ0v) is 32.4. The molecule has 0 saturated carbocycles. The summed E-state index contributed by atoms with van der Waals surface area (Å²) in [5, 5.41) is 25.7. The average Bonchev–Trinajstić information content (AvgIpc) is 3.75. The highest BCUT2D eigenvalue weighted by Gasteiger charge is 2.32. The van der Waals surface area contributed by atoms with E-state index in [1.807, 2.05) is 102 Å². The van der Waals surface area contributed by atoms with Crippen LogP contribution in [0.25, 0.3) is 11.1 Å². The normalized spacial score (nSPS) is 19.8. The third kappa shape index (κ3) is 11.9. The van der Waals surface area contributed by atoms with Gasteiger partial charge in [0, 0.05) is 42.7 Å². The van der Waals surface area contributed by atoms with Crippen LogP contribution in [-0.4, -0.2) is 69.8 Å². The van der Waals surface area contributed by atoms with Crippen LogP contribution >= 0.6 is 11.3 Å². The van der Waals surface area contributed by atoms with Crippen LogP contribution in [-0.2, 0) is 54.5 Å². The van der Waals surface area contributed by atoms with Crippen LogP contribution in [0, 0.1) is 0 Å². The van der Waals surface area contributed by atoms with Crippen LogP contribution in [0.15, 0.2) is 121 Å². The maximum Gasteiger partial charge on any atom is 0.326 e. The van der Waals surface area contributed by atoms with Gasteiger partial charge in [-0.05, 0) is 58.7 Å². The van der Waals surface area contributed by atoms with Crippen LogP contribution < -0.4 is 26.6 Å². The second-order valence-corrected chi connectivity index (χ2v) is 15.0. The number of aliphatic carboxylic acids is 1. The topological polar surface area (TPSA) is 196 Å². The van der Waals surface area contributed by atoms with Crippen molar-refractivity contribution >= 4 is 52.5 Å². The number of amides is 5. The predicted octanol–water partition coefficient (Wildman–Crippen LogP) is 4.23. The van der Waals surface area contributed by atoms with Gasteiger partial charge in [-0.15, -0.1) is 11.3 Å². The van der Waals surface area contributed by atoms with Crippen LogP contribution in [0.4, 0.5) is 5.69 Å². The van der Waals surface area contributed by atoms with Gasteiger partial charge in [0.2, 0.25) is 29.5 Å². The standard InChI is InChI=1S/C44H44N6O7S/c51-39-21-22-40(52)47-37(26-34-12-7-23-58-34)43(55)49-36(24-29-13-16-31(17-14-29)30-10-5-2-6-11-30)42(54)48-35(20-15-28-8-3-1-4-9-28)41(53)50-38(44(56)57)25-32-18-19-33(46-39)27-45-32/h1-14,16-19,23,27,35-38H,15,20-22,24-26H2,(H,46,51)(H,47,52)(H,48,54)(H,49,55)(H,50,53)(H,56,57)/t35-,36+,37-,38+/m1/s1. The molecule has 2 bridgehead atoms. The summed E-state index contributed by atoms with van der Waals surface area (Å²) in [5.74, 6) is -4.37. The van der Waals surface area contributed by atoms with Gasteiger partial charge in [0.15, 0.2) is 0 Å². The third-order valence-electron chi connectivity index (χ3n) is 9.68. The van der Waals surface area contributed by atoms with E-state index in [1.54, 1.807) is 6.07 Å². The summed E-state index contributed by atoms with van der Waals surface area (Å²) in [4.78, 5) is 86.1. The second kappa shape index (κ2) is 20.0. The number of carboxylic acids is 1. The van der Waals surface area contributed by atoms with Crippen molar-refractivity contribution in [2.24, 2.45) is 0 Å². The molecule has 5 aromatic rings. The number of carboxylic acid groups (broad SMARTS) is 1. The van der Waals surface area contributed by atoms with Crippen LogP contribution in [0.1, 0.15) is 41.0 Å². The van der Waals surface area contributed by atoms with Gasteiger partial charge in [-0.1, -0.05) is 91.0 Å². The Kier molecular flexibility index (Phi) is 14.1. The van der Waals surface area contributed by atoms with E-state index in [9.17, 15) is 33.9 Å². The number of hydrogen-bond donors (Lipinski definition) is 6. The smallest absolute Gasteiger partial charge is 0.326 e. The van der Waals surface area contributed by atoms with Crippen molar-refractivity contribution in [1.82, 2.24) is 26.3 Å². The van der Waals surface area contributed by atoms with Crippen LogP contribution in [0.5, 0.6) is 0 Å². The third-order valence-corrected chi connectivity index (χ3v) is 10.6. The fourth-order valence-electron chi connectivity index (χ4n) is 6.53. The second-order valence-electron chi connectivity index (χ2n) is 14.0. The van der Waals surface area contributed by atoms with Gasteiger partial charge in [0.1, 0.15) is 24.2 Å². The van der Waals surface area contributed by atoms with E-state index in [0.717, 1.165) is 21.6 Å². The first-order valence-electron chi connectivity index (χ1n) is 19.0. The van der Waals surface area contributed by atoms with Gasteiger partial charge in [-0.3, -0.25) is 29.0 Å². The van der Waals surface area contributed by atoms with Gasteiger partial charge >= 0.3 is 5.97 Å². The molecule has 4 heterocycles. The Labute approximate surface area is 339 Å². The summed E-state index contributed by atoms with van der Waals surface area (Å²) in [5.41, 5.74) is 4.23. The molecular formula is C44H44N6O7S. The molecule has 0 spiro atoms. The number of hydrogen-bond acceptors (Lipinski definition) is 8. The molecule has 7 rings (SSSR count). The Morgan fingerprint density at radius 1 is 0.638 bits per heavy atom. The highest BCUT2D eigenvalue weighted by atomic mass is 32.1. The maximum absolute atomic E-state index is 14.4. The Morgan fingerprint density at radius 3 is 1.93 bits per heavy atom. The lowest BCUT2D eigenvalue weighted by Gasteiger charge is -2.26. The number of carbonyl (C=O) groups excluding carboxylic acids is 5. The van der Waals surface area contributed by atoms with E-state index in [4.69, 9.17) is 0 Å². The van der Waals surface area contributed by atoms with E-state index in [1.165, 1.54) is 23.6 Å². The number of nitrogens with one attached hydrogen (secondary N) is 5. The number of anilines is 1. The quantitative estimate of drug-likeness (QED) is 0.119. The Balaban J connectivity index is 1.33. The number of benzene rings is 3. The molecule has 0 unspecified atom stereocenters. The minimum Gasteiger partial charge on any atom is -0.480 e. The van der Waals surface area contributed by atoms with Crippen molar-refractivity contribution < 1.29 is 33.9 Å². The van der Waals surface area contributed by atoms with E-state index in [2.05, 4.69) is 31.6 Å². The SMILES string of the molecule is O=C1CCC(=O)N[C@H](Cc2cccs2)C(=O)N[C@@H](Cc2ccc(-c3ccccc3)cc2)C(=O)N[C@H](CCc2ccccc2)C(=O)N[C@H](C(=O)O)Cc2ccc(cn2)N1. The number of thiophene rings is 1. The van der Waals surface area contributed by atoms with Gasteiger partial charge in [0.05, 0.1) is 11.9 Å². The molecular weight excluding hydrogens is 757 g/mol. The summed E-state index contributed by atoms with van der Waals surface area (Å²) in [6, 6.07) is 28.4. The van der Waals surface area contributed by atoms with E-state index < -0.39 is 59.7 Å². The molecule has 13 nitrogen and oxygen atoms in total. The first-order chi connectivity index (χ1) is 28.1. The molecule has 6 N–H and O–H groups in total. The minimum atomic E-state index is -1.40. The largest absolute Gasteiger partial charge is 0.480 e. The molecule has 0 aliphatic carbocycles. The van der Waals surface area contributed by atoms with Gasteiger partial charge < -0.3 is 31.7 Å². The molecule has 0 saturated heterocycles. The maximum atomic E-state index is 14.4. The summed E-state index contributed by atoms with van der Waals surface area (Å²) >= 11 is 1.40. The summed E-state index contributed by atoms with van der Waals surface area (Å²) in [6.07, 6.45) is 1.40. The summed E-state index contributed by atoms with van der Waals surface area (Å²) in [6.45, 7) is 0. The number of pyridine rings is 1. The Morgan fingerprint density at radius 2 is 1.28 bits per heavy atom. The molecule has 14 heteroatoms. The van der Waals surface area contributed by atoms with Crippen molar-refractivity contribution in [3.8, 4) is 11.1 Å². The van der Waals surface area contributed by atoms with Crippen molar-refractivity contribution in [3.63, 3.8) is 0 Å². The Hall–Kier alpha value is -6.67. The van der Waals surface area contributed by atoms with Crippen molar-refractivity contribution in [2.45, 2.75) is 69.1 Å². The molecule has 2 aromatic heterocycles. The minimum absolute atomic E-state index is 0.0265. The van der Waals surface area contributed by atoms with Crippen molar-refractivity contribution in [1.29, 1.82) is 0 Å². The predicted molar refractivity (Wildman–Crippen MR) is 220 cm³/mol. The lowest BCUT2D eigenvalue weighted by atomic mass is 9.99. The number of aromatic nitrogens is 1. The highest BCUT2D eigenvalue weighted by molar-refractivity contribution is 7.09. The Bertz CT molecular complexity index is 2180. The van der Waals surface area contributed by atoms with E-state index >= 15 is 0 Å². The molecule has 2 aliphatic heterocycles. The van der Waals surface area contributed by atoms with Gasteiger partial charge in [0.25, 0.3) is 0 Å². The first-order valence-corrected chi connectivity index (χ1v) is 19.9. The lowest BCUT2D eigenvalue weighted by Crippen LogP contribution is -2.58. The molecule has 0 radical (unpaired) electrons. The fraction of sp³-hybridized carbons (Fsp3) is 0.250. The van der Waals surface area contributed by atoms with Crippen LogP contribution in [0.2, 0.25) is 0 Å². The summed E-state index contributed by atoms with van der Waals surface area (Å²) < 4.78 is 0. The van der Waals surface area contributed by atoms with Crippen LogP contribution in [0.3, 0.4) is 0 Å². The number of carbonyl (C=O) groups is 6. The lowest BCUT2D eigenvalue weighted by molar-refractivity contribution is -0.142. The molecule has 4 atom stereocenters. The van der Waals surface area contributed by atoms with Gasteiger partial charge in [-0.2, -0.15) is 0 Å². The average molecular weight is 801 g/mol. The van der Waals surface area contributed by atoms with E-state index in [0.29, 0.717) is 23.4 Å². The number of fused-ring (bicyclic) bond motifs is 18. The molecule has 5 amide bonds. The number of rotatable bonds is 9. The zero-order valence-electron chi connectivity index (χ0n) is 31.6. The number of nitrogens with zero attached hydrogens (tertiary/aromatic N) is 1. The molecule has 58 heavy (non-hydrogen) atoms. The zero-order chi connectivity index (χ0) is 40.9. The summed E-state index contributed by atoms with van der Waals surface area (Å²) in [7, 11) is 0. The molecule has 0 fully saturated rings. The highest BCUT2D eigenvalue weighted by Crippen LogP contribution is 2.20. The molecule has 298 valence electrons.